The van der Waals surface area contributed by atoms with Crippen LogP contribution in [0.4, 0.5) is 0 Å². The zero-order valence-electron chi connectivity index (χ0n) is 17.7. The molecule has 0 aliphatic carbocycles. The molecule has 0 aromatic heterocycles. The van der Waals surface area contributed by atoms with Crippen LogP contribution in [0.25, 0.3) is 0 Å². The molecule has 0 saturated heterocycles. The van der Waals surface area contributed by atoms with E-state index in [9.17, 15) is 9.59 Å². The highest BCUT2D eigenvalue weighted by atomic mass is 35.5. The minimum absolute atomic E-state index is 0.0920. The largest absolute Gasteiger partial charge is 0.354 e. The summed E-state index contributed by atoms with van der Waals surface area (Å²) < 4.78 is 0. The maximum absolute atomic E-state index is 13.1. The summed E-state index contributed by atoms with van der Waals surface area (Å²) in [6, 6.07) is 12.1. The van der Waals surface area contributed by atoms with Gasteiger partial charge >= 0.3 is 0 Å². The number of unbranched alkanes of at least 4 members (excludes halogenated alkanes) is 1. The van der Waals surface area contributed by atoms with Gasteiger partial charge in [-0.2, -0.15) is 0 Å². The molecule has 2 aromatic carbocycles. The van der Waals surface area contributed by atoms with E-state index in [2.05, 4.69) is 12.2 Å². The average Bonchev–Trinajstić information content (AvgIpc) is 2.75. The molecule has 31 heavy (non-hydrogen) atoms. The maximum atomic E-state index is 13.1. The minimum atomic E-state index is -0.598. The van der Waals surface area contributed by atoms with E-state index in [0.29, 0.717) is 33.8 Å². The summed E-state index contributed by atoms with van der Waals surface area (Å²) in [4.78, 5) is 28.3. The van der Waals surface area contributed by atoms with E-state index < -0.39 is 6.04 Å². The third-order valence-electron chi connectivity index (χ3n) is 4.73. The highest BCUT2D eigenvalue weighted by Crippen LogP contribution is 2.25. The molecule has 0 radical (unpaired) electrons. The first-order valence-electron chi connectivity index (χ1n) is 10.2. The lowest BCUT2D eigenvalue weighted by molar-refractivity contribution is -0.140. The molecule has 0 bridgehead atoms. The highest BCUT2D eigenvalue weighted by molar-refractivity contribution is 7.99. The van der Waals surface area contributed by atoms with Crippen LogP contribution in [0.3, 0.4) is 0 Å². The number of hydrogen-bond donors (Lipinski definition) is 1. The van der Waals surface area contributed by atoms with E-state index in [1.54, 1.807) is 35.7 Å². The van der Waals surface area contributed by atoms with Crippen LogP contribution in [0.2, 0.25) is 15.1 Å². The van der Waals surface area contributed by atoms with Crippen molar-refractivity contribution < 1.29 is 9.59 Å². The number of nitrogens with zero attached hydrogens (tertiary/aromatic N) is 1. The summed E-state index contributed by atoms with van der Waals surface area (Å²) in [6.45, 7) is 4.70. The number of carbonyl (C=O) groups is 2. The third-order valence-corrected chi connectivity index (χ3v) is 6.74. The molecule has 8 heteroatoms. The van der Waals surface area contributed by atoms with Crippen molar-refractivity contribution in [2.24, 2.45) is 0 Å². The molecule has 168 valence electrons. The standard InChI is InChI=1S/C23H27Cl3N2O2S/c1-3-4-12-27-23(30)16(2)28(15-17-5-10-20(25)21(26)14-17)22(29)11-13-31-19-8-6-18(24)7-9-19/h5-10,14,16H,3-4,11-13,15H2,1-2H3,(H,27,30)/t16-/m1/s1. The van der Waals surface area contributed by atoms with Gasteiger partial charge in [0.2, 0.25) is 11.8 Å². The number of thioether (sulfide) groups is 1. The van der Waals surface area contributed by atoms with Crippen molar-refractivity contribution in [1.29, 1.82) is 0 Å². The molecule has 4 nitrogen and oxygen atoms in total. The van der Waals surface area contributed by atoms with Crippen molar-refractivity contribution in [2.75, 3.05) is 12.3 Å². The van der Waals surface area contributed by atoms with Crippen molar-refractivity contribution >= 4 is 58.4 Å². The molecular weight excluding hydrogens is 475 g/mol. The van der Waals surface area contributed by atoms with E-state index >= 15 is 0 Å². The van der Waals surface area contributed by atoms with Crippen LogP contribution < -0.4 is 5.32 Å². The lowest BCUT2D eigenvalue weighted by Crippen LogP contribution is -2.47. The Morgan fingerprint density at radius 1 is 1.06 bits per heavy atom. The van der Waals surface area contributed by atoms with Gasteiger partial charge in [0.25, 0.3) is 0 Å². The number of carbonyl (C=O) groups excluding carboxylic acids is 2. The Morgan fingerprint density at radius 2 is 1.77 bits per heavy atom. The topological polar surface area (TPSA) is 49.4 Å². The highest BCUT2D eigenvalue weighted by Gasteiger charge is 2.25. The Balaban J connectivity index is 2.06. The smallest absolute Gasteiger partial charge is 0.242 e. The molecule has 2 amide bonds. The monoisotopic (exact) mass is 500 g/mol. The average molecular weight is 502 g/mol. The summed E-state index contributed by atoms with van der Waals surface area (Å²) in [5.41, 5.74) is 0.821. The summed E-state index contributed by atoms with van der Waals surface area (Å²) in [5.74, 6) is 0.348. The Morgan fingerprint density at radius 3 is 2.42 bits per heavy atom. The molecule has 0 heterocycles. The zero-order chi connectivity index (χ0) is 22.8. The van der Waals surface area contributed by atoms with E-state index in [1.807, 2.05) is 30.3 Å². The molecule has 2 rings (SSSR count). The molecule has 0 aliphatic heterocycles. The van der Waals surface area contributed by atoms with Crippen LogP contribution in [0.1, 0.15) is 38.7 Å². The molecule has 0 unspecified atom stereocenters. The fourth-order valence-corrected chi connectivity index (χ4v) is 4.17. The second-order valence-electron chi connectivity index (χ2n) is 7.14. The van der Waals surface area contributed by atoms with Crippen molar-refractivity contribution in [3.8, 4) is 0 Å². The van der Waals surface area contributed by atoms with E-state index in [1.165, 1.54) is 0 Å². The van der Waals surface area contributed by atoms with E-state index in [4.69, 9.17) is 34.8 Å². The third kappa shape index (κ3) is 8.57. The van der Waals surface area contributed by atoms with Gasteiger partial charge in [0, 0.05) is 35.2 Å². The predicted molar refractivity (Wildman–Crippen MR) is 131 cm³/mol. The van der Waals surface area contributed by atoms with Gasteiger partial charge in [-0.15, -0.1) is 11.8 Å². The molecule has 1 N–H and O–H groups in total. The summed E-state index contributed by atoms with van der Waals surface area (Å²) in [5, 5.41) is 4.46. The van der Waals surface area contributed by atoms with E-state index in [0.717, 1.165) is 23.3 Å². The van der Waals surface area contributed by atoms with Crippen LogP contribution in [0, 0.1) is 0 Å². The van der Waals surface area contributed by atoms with Crippen LogP contribution >= 0.6 is 46.6 Å². The van der Waals surface area contributed by atoms with Gasteiger partial charge in [-0.1, -0.05) is 54.2 Å². The summed E-state index contributed by atoms with van der Waals surface area (Å²) in [7, 11) is 0. The number of rotatable bonds is 11. The van der Waals surface area contributed by atoms with Gasteiger partial charge in [0.05, 0.1) is 10.0 Å². The van der Waals surface area contributed by atoms with Crippen molar-refractivity contribution in [2.45, 2.75) is 50.6 Å². The van der Waals surface area contributed by atoms with Gasteiger partial charge in [-0.05, 0) is 55.3 Å². The molecule has 0 aliphatic rings. The van der Waals surface area contributed by atoms with Crippen LogP contribution in [0.15, 0.2) is 47.4 Å². The number of nitrogens with one attached hydrogen (secondary N) is 1. The summed E-state index contributed by atoms with van der Waals surface area (Å²) >= 11 is 19.6. The van der Waals surface area contributed by atoms with Crippen molar-refractivity contribution in [3.05, 3.63) is 63.1 Å². The van der Waals surface area contributed by atoms with Crippen molar-refractivity contribution in [1.82, 2.24) is 10.2 Å². The first kappa shape index (κ1) is 25.9. The lowest BCUT2D eigenvalue weighted by atomic mass is 10.1. The minimum Gasteiger partial charge on any atom is -0.354 e. The SMILES string of the molecule is CCCCNC(=O)[C@@H](C)N(Cc1ccc(Cl)c(Cl)c1)C(=O)CCSc1ccc(Cl)cc1. The van der Waals surface area contributed by atoms with Gasteiger partial charge in [0.1, 0.15) is 6.04 Å². The van der Waals surface area contributed by atoms with Crippen LogP contribution in [-0.2, 0) is 16.1 Å². The van der Waals surface area contributed by atoms with Crippen molar-refractivity contribution in [3.63, 3.8) is 0 Å². The fraction of sp³-hybridized carbons (Fsp3) is 0.391. The van der Waals surface area contributed by atoms with E-state index in [-0.39, 0.29) is 18.4 Å². The molecule has 0 spiro atoms. The molecule has 0 fully saturated rings. The van der Waals surface area contributed by atoms with Gasteiger partial charge < -0.3 is 10.2 Å². The number of benzene rings is 2. The quantitative estimate of drug-likeness (QED) is 0.284. The Labute approximate surface area is 203 Å². The molecular formula is C23H27Cl3N2O2S. The number of halogens is 3. The van der Waals surface area contributed by atoms with Crippen LogP contribution in [0.5, 0.6) is 0 Å². The lowest BCUT2D eigenvalue weighted by Gasteiger charge is -2.29. The molecule has 0 saturated carbocycles. The second kappa shape index (κ2) is 13.2. The predicted octanol–water partition coefficient (Wildman–Crippen LogP) is 6.46. The normalized spacial score (nSPS) is 11.8. The Kier molecular flexibility index (Phi) is 11.0. The first-order valence-corrected chi connectivity index (χ1v) is 12.3. The van der Waals surface area contributed by atoms with Gasteiger partial charge in [-0.25, -0.2) is 0 Å². The zero-order valence-corrected chi connectivity index (χ0v) is 20.8. The molecule has 1 atom stereocenters. The first-order chi connectivity index (χ1) is 14.8. The second-order valence-corrected chi connectivity index (χ2v) is 9.56. The van der Waals surface area contributed by atoms with Gasteiger partial charge in [-0.3, -0.25) is 9.59 Å². The maximum Gasteiger partial charge on any atom is 0.242 e. The Hall–Kier alpha value is -1.40. The summed E-state index contributed by atoms with van der Waals surface area (Å²) in [6.07, 6.45) is 2.20. The fourth-order valence-electron chi connectivity index (χ4n) is 2.88. The van der Waals surface area contributed by atoms with Crippen LogP contribution in [-0.4, -0.2) is 35.1 Å². The number of hydrogen-bond acceptors (Lipinski definition) is 3. The molecule has 2 aromatic rings. The van der Waals surface area contributed by atoms with Gasteiger partial charge in [0.15, 0.2) is 0 Å². The number of amides is 2. The Bertz CT molecular complexity index is 878.